The van der Waals surface area contributed by atoms with Crippen LogP contribution in [-0.2, 0) is 9.53 Å². The van der Waals surface area contributed by atoms with Crippen LogP contribution in [0, 0.1) is 11.3 Å². The van der Waals surface area contributed by atoms with Crippen molar-refractivity contribution in [2.75, 3.05) is 26.3 Å². The zero-order valence-electron chi connectivity index (χ0n) is 12.2. The van der Waals surface area contributed by atoms with Crippen LogP contribution in [0.25, 0.3) is 0 Å². The monoisotopic (exact) mass is 269 g/mol. The van der Waals surface area contributed by atoms with Crippen molar-refractivity contribution in [3.05, 3.63) is 0 Å². The normalized spacial score (nSPS) is 29.9. The molecule has 2 fully saturated rings. The van der Waals surface area contributed by atoms with Crippen LogP contribution in [-0.4, -0.2) is 48.3 Å². The van der Waals surface area contributed by atoms with Crippen LogP contribution >= 0.6 is 0 Å². The van der Waals surface area contributed by atoms with E-state index in [0.717, 1.165) is 38.6 Å². The van der Waals surface area contributed by atoms with E-state index in [1.165, 1.54) is 0 Å². The van der Waals surface area contributed by atoms with Gasteiger partial charge >= 0.3 is 0 Å². The summed E-state index contributed by atoms with van der Waals surface area (Å²) in [4.78, 5) is 14.6. The van der Waals surface area contributed by atoms with Gasteiger partial charge in [0, 0.05) is 26.3 Å². The molecule has 1 heterocycles. The van der Waals surface area contributed by atoms with Gasteiger partial charge in [-0.3, -0.25) is 4.79 Å². The molecule has 0 spiro atoms. The number of rotatable bonds is 5. The zero-order chi connectivity index (χ0) is 13.9. The molecule has 110 valence electrons. The van der Waals surface area contributed by atoms with Gasteiger partial charge in [0.25, 0.3) is 0 Å². The minimum absolute atomic E-state index is 0.185. The van der Waals surface area contributed by atoms with Crippen LogP contribution in [0.5, 0.6) is 0 Å². The molecule has 0 aromatic carbocycles. The molecule has 1 saturated carbocycles. The van der Waals surface area contributed by atoms with Gasteiger partial charge in [0.2, 0.25) is 5.91 Å². The summed E-state index contributed by atoms with van der Waals surface area (Å²) in [6, 6.07) is 0. The van der Waals surface area contributed by atoms with E-state index in [4.69, 9.17) is 4.74 Å². The molecule has 2 atom stereocenters. The second kappa shape index (κ2) is 6.23. The van der Waals surface area contributed by atoms with E-state index in [-0.39, 0.29) is 17.4 Å². The fourth-order valence-electron chi connectivity index (χ4n) is 3.15. The summed E-state index contributed by atoms with van der Waals surface area (Å²) in [7, 11) is 0. The first-order chi connectivity index (χ1) is 9.09. The minimum Gasteiger partial charge on any atom is -0.391 e. The summed E-state index contributed by atoms with van der Waals surface area (Å²) in [6.45, 7) is 6.74. The second-order valence-corrected chi connectivity index (χ2v) is 6.17. The first-order valence-electron chi connectivity index (χ1n) is 7.64. The molecule has 1 amide bonds. The molecule has 0 aromatic heterocycles. The standard InChI is InChI=1S/C15H27NO3/c1-3-19-10-8-15(6-4-7-15)14(18)16-9-5-12(2)13(17)11-16/h12-13,17H,3-11H2,1-2H3. The number of hydrogen-bond donors (Lipinski definition) is 1. The average Bonchev–Trinajstić information content (AvgIpc) is 2.35. The number of nitrogens with zero attached hydrogens (tertiary/aromatic N) is 1. The van der Waals surface area contributed by atoms with Gasteiger partial charge in [-0.05, 0) is 38.5 Å². The lowest BCUT2D eigenvalue weighted by Gasteiger charge is -2.46. The van der Waals surface area contributed by atoms with Crippen molar-refractivity contribution in [1.29, 1.82) is 0 Å². The summed E-state index contributed by atoms with van der Waals surface area (Å²) >= 11 is 0. The number of carbonyl (C=O) groups excluding carboxylic acids is 1. The van der Waals surface area contributed by atoms with Crippen molar-refractivity contribution >= 4 is 5.91 Å². The smallest absolute Gasteiger partial charge is 0.228 e. The Kier molecular flexibility index (Phi) is 4.85. The van der Waals surface area contributed by atoms with Gasteiger partial charge in [0.15, 0.2) is 0 Å². The summed E-state index contributed by atoms with van der Waals surface area (Å²) in [6.07, 6.45) is 4.50. The molecule has 2 unspecified atom stereocenters. The average molecular weight is 269 g/mol. The summed E-state index contributed by atoms with van der Waals surface area (Å²) in [5.41, 5.74) is -0.185. The van der Waals surface area contributed by atoms with Crippen molar-refractivity contribution in [1.82, 2.24) is 4.90 Å². The van der Waals surface area contributed by atoms with Gasteiger partial charge < -0.3 is 14.7 Å². The van der Waals surface area contributed by atoms with Crippen LogP contribution in [0.3, 0.4) is 0 Å². The molecule has 4 nitrogen and oxygen atoms in total. The summed E-state index contributed by atoms with van der Waals surface area (Å²) in [5.74, 6) is 0.564. The van der Waals surface area contributed by atoms with Crippen molar-refractivity contribution < 1.29 is 14.6 Å². The van der Waals surface area contributed by atoms with Gasteiger partial charge in [0.1, 0.15) is 0 Å². The Balaban J connectivity index is 1.93. The number of amides is 1. The van der Waals surface area contributed by atoms with Gasteiger partial charge in [-0.2, -0.15) is 0 Å². The number of piperidine rings is 1. The maximum Gasteiger partial charge on any atom is 0.228 e. The van der Waals surface area contributed by atoms with Crippen molar-refractivity contribution in [3.8, 4) is 0 Å². The second-order valence-electron chi connectivity index (χ2n) is 6.17. The lowest BCUT2D eigenvalue weighted by Crippen LogP contribution is -2.53. The van der Waals surface area contributed by atoms with Gasteiger partial charge in [-0.1, -0.05) is 13.3 Å². The number of carbonyl (C=O) groups is 1. The van der Waals surface area contributed by atoms with E-state index in [1.807, 2.05) is 11.8 Å². The van der Waals surface area contributed by atoms with E-state index in [9.17, 15) is 9.90 Å². The third-order valence-corrected chi connectivity index (χ3v) is 4.90. The number of aliphatic hydroxyl groups is 1. The van der Waals surface area contributed by atoms with Crippen LogP contribution in [0.4, 0.5) is 0 Å². The highest BCUT2D eigenvalue weighted by Crippen LogP contribution is 2.46. The Labute approximate surface area is 116 Å². The highest BCUT2D eigenvalue weighted by atomic mass is 16.5. The summed E-state index contributed by atoms with van der Waals surface area (Å²) < 4.78 is 5.42. The fourth-order valence-corrected chi connectivity index (χ4v) is 3.15. The molecule has 0 bridgehead atoms. The highest BCUT2D eigenvalue weighted by molar-refractivity contribution is 5.83. The van der Waals surface area contributed by atoms with Gasteiger partial charge in [-0.25, -0.2) is 0 Å². The first kappa shape index (κ1) is 14.8. The van der Waals surface area contributed by atoms with E-state index < -0.39 is 0 Å². The third-order valence-electron chi connectivity index (χ3n) is 4.90. The predicted molar refractivity (Wildman–Crippen MR) is 73.8 cm³/mol. The van der Waals surface area contributed by atoms with Gasteiger partial charge in [-0.15, -0.1) is 0 Å². The number of likely N-dealkylation sites (tertiary alicyclic amines) is 1. The minimum atomic E-state index is -0.360. The number of β-amino-alcohol motifs (C(OH)–C–C–N with tert-alkyl or cyclic N) is 1. The maximum absolute atomic E-state index is 12.7. The van der Waals surface area contributed by atoms with Crippen LogP contribution < -0.4 is 0 Å². The largest absolute Gasteiger partial charge is 0.391 e. The van der Waals surface area contributed by atoms with Gasteiger partial charge in [0.05, 0.1) is 11.5 Å². The maximum atomic E-state index is 12.7. The molecule has 0 radical (unpaired) electrons. The third kappa shape index (κ3) is 3.11. The molecule has 1 aliphatic carbocycles. The molecule has 1 aliphatic heterocycles. The molecule has 1 saturated heterocycles. The van der Waals surface area contributed by atoms with E-state index in [1.54, 1.807) is 0 Å². The fraction of sp³-hybridized carbons (Fsp3) is 0.933. The molecular weight excluding hydrogens is 242 g/mol. The molecule has 2 rings (SSSR count). The molecule has 0 aromatic rings. The van der Waals surface area contributed by atoms with Crippen LogP contribution in [0.15, 0.2) is 0 Å². The zero-order valence-corrected chi connectivity index (χ0v) is 12.2. The van der Waals surface area contributed by atoms with E-state index >= 15 is 0 Å². The SMILES string of the molecule is CCOCCC1(C(=O)N2CCC(C)C(O)C2)CCC1. The predicted octanol–water partition coefficient (Wildman–Crippen LogP) is 1.81. The Bertz CT molecular complexity index is 315. The highest BCUT2D eigenvalue weighted by Gasteiger charge is 2.46. The Morgan fingerprint density at radius 2 is 2.21 bits per heavy atom. The van der Waals surface area contributed by atoms with Crippen molar-refractivity contribution in [3.63, 3.8) is 0 Å². The topological polar surface area (TPSA) is 49.8 Å². The lowest BCUT2D eigenvalue weighted by atomic mass is 9.65. The molecule has 1 N–H and O–H groups in total. The van der Waals surface area contributed by atoms with Crippen LogP contribution in [0.1, 0.15) is 46.0 Å². The number of aliphatic hydroxyl groups excluding tert-OH is 1. The molecule has 2 aliphatic rings. The number of ether oxygens (including phenoxy) is 1. The molecular formula is C15H27NO3. The van der Waals surface area contributed by atoms with Crippen molar-refractivity contribution in [2.24, 2.45) is 11.3 Å². The molecule has 4 heteroatoms. The van der Waals surface area contributed by atoms with Crippen molar-refractivity contribution in [2.45, 2.75) is 52.1 Å². The quantitative estimate of drug-likeness (QED) is 0.774. The lowest BCUT2D eigenvalue weighted by molar-refractivity contribution is -0.153. The Morgan fingerprint density at radius 3 is 2.74 bits per heavy atom. The Hall–Kier alpha value is -0.610. The number of hydrogen-bond acceptors (Lipinski definition) is 3. The Morgan fingerprint density at radius 1 is 1.47 bits per heavy atom. The van der Waals surface area contributed by atoms with E-state index in [0.29, 0.717) is 25.7 Å². The summed E-state index contributed by atoms with van der Waals surface area (Å²) in [5, 5.41) is 9.95. The first-order valence-corrected chi connectivity index (χ1v) is 7.64. The molecule has 19 heavy (non-hydrogen) atoms. The van der Waals surface area contributed by atoms with Crippen LogP contribution in [0.2, 0.25) is 0 Å². The van der Waals surface area contributed by atoms with E-state index in [2.05, 4.69) is 6.92 Å².